The van der Waals surface area contributed by atoms with Crippen molar-refractivity contribution in [2.75, 3.05) is 20.0 Å². The van der Waals surface area contributed by atoms with Gasteiger partial charge >= 0.3 is 0 Å². The molecule has 0 atom stereocenters. The lowest BCUT2D eigenvalue weighted by atomic mass is 10.1. The number of rotatable bonds is 8. The average molecular weight is 415 g/mol. The van der Waals surface area contributed by atoms with Crippen molar-refractivity contribution in [2.45, 2.75) is 18.1 Å². The standard InChI is InChI=1S/C20H21N3O5S/c1-26-16-9-7-13(11-17(16)27-2)8-10-18(24)22-23-19(25)12-29-20-21-14-5-3-4-6-15(14)28-20/h3-7,9,11H,8,10,12H2,1-2H3,(H,22,24)(H,23,25). The van der Waals surface area contributed by atoms with Gasteiger partial charge in [0.2, 0.25) is 11.8 Å². The Labute approximate surface area is 171 Å². The van der Waals surface area contributed by atoms with Crippen LogP contribution in [0.25, 0.3) is 11.1 Å². The van der Waals surface area contributed by atoms with E-state index in [1.54, 1.807) is 20.3 Å². The lowest BCUT2D eigenvalue weighted by Gasteiger charge is -2.10. The number of aryl methyl sites for hydroxylation is 1. The fourth-order valence-electron chi connectivity index (χ4n) is 2.57. The molecule has 0 aliphatic rings. The highest BCUT2D eigenvalue weighted by Gasteiger charge is 2.11. The van der Waals surface area contributed by atoms with Crippen LogP contribution < -0.4 is 20.3 Å². The highest BCUT2D eigenvalue weighted by atomic mass is 32.2. The van der Waals surface area contributed by atoms with E-state index in [0.29, 0.717) is 28.7 Å². The summed E-state index contributed by atoms with van der Waals surface area (Å²) in [5.74, 6) is 0.666. The molecule has 0 saturated heterocycles. The van der Waals surface area contributed by atoms with Gasteiger partial charge in [-0.25, -0.2) is 4.98 Å². The van der Waals surface area contributed by atoms with Gasteiger partial charge in [0, 0.05) is 6.42 Å². The maximum atomic E-state index is 12.0. The molecule has 3 rings (SSSR count). The van der Waals surface area contributed by atoms with Crippen molar-refractivity contribution in [3.63, 3.8) is 0 Å². The van der Waals surface area contributed by atoms with Crippen LogP contribution in [0, 0.1) is 0 Å². The molecular weight excluding hydrogens is 394 g/mol. The van der Waals surface area contributed by atoms with Crippen molar-refractivity contribution in [2.24, 2.45) is 0 Å². The molecule has 0 bridgehead atoms. The van der Waals surface area contributed by atoms with E-state index in [1.165, 1.54) is 0 Å². The Hall–Kier alpha value is -3.20. The summed E-state index contributed by atoms with van der Waals surface area (Å²) in [7, 11) is 3.12. The van der Waals surface area contributed by atoms with Crippen LogP contribution in [-0.2, 0) is 16.0 Å². The predicted molar refractivity (Wildman–Crippen MR) is 109 cm³/mol. The molecule has 2 amide bonds. The van der Waals surface area contributed by atoms with Crippen molar-refractivity contribution >= 4 is 34.7 Å². The van der Waals surface area contributed by atoms with Crippen molar-refractivity contribution in [3.05, 3.63) is 48.0 Å². The third-order valence-corrected chi connectivity index (χ3v) is 4.86. The number of aromatic nitrogens is 1. The quantitative estimate of drug-likeness (QED) is 0.431. The Morgan fingerprint density at radius 2 is 1.79 bits per heavy atom. The molecule has 0 saturated carbocycles. The van der Waals surface area contributed by atoms with Crippen LogP contribution >= 0.6 is 11.8 Å². The molecular formula is C20H21N3O5S. The van der Waals surface area contributed by atoms with E-state index in [1.807, 2.05) is 36.4 Å². The average Bonchev–Trinajstić information content (AvgIpc) is 3.17. The second kappa shape index (κ2) is 9.83. The lowest BCUT2D eigenvalue weighted by Crippen LogP contribution is -2.42. The summed E-state index contributed by atoms with van der Waals surface area (Å²) >= 11 is 1.16. The van der Waals surface area contributed by atoms with E-state index in [-0.39, 0.29) is 24.0 Å². The molecule has 152 valence electrons. The Morgan fingerprint density at radius 1 is 1.03 bits per heavy atom. The highest BCUT2D eigenvalue weighted by Crippen LogP contribution is 2.28. The highest BCUT2D eigenvalue weighted by molar-refractivity contribution is 7.99. The number of benzene rings is 2. The number of thioether (sulfide) groups is 1. The summed E-state index contributed by atoms with van der Waals surface area (Å²) in [5.41, 5.74) is 7.13. The van der Waals surface area contributed by atoms with Gasteiger partial charge in [-0.2, -0.15) is 0 Å². The summed E-state index contributed by atoms with van der Waals surface area (Å²) in [4.78, 5) is 28.2. The first-order chi connectivity index (χ1) is 14.1. The molecule has 0 spiro atoms. The van der Waals surface area contributed by atoms with Gasteiger partial charge in [-0.1, -0.05) is 30.0 Å². The van der Waals surface area contributed by atoms with Gasteiger partial charge < -0.3 is 13.9 Å². The number of amides is 2. The van der Waals surface area contributed by atoms with Crippen molar-refractivity contribution in [1.82, 2.24) is 15.8 Å². The second-order valence-corrected chi connectivity index (χ2v) is 6.95. The number of carbonyl (C=O) groups is 2. The minimum atomic E-state index is -0.350. The largest absolute Gasteiger partial charge is 0.493 e. The Morgan fingerprint density at radius 3 is 2.55 bits per heavy atom. The van der Waals surface area contributed by atoms with Gasteiger partial charge in [-0.3, -0.25) is 20.4 Å². The molecule has 8 nitrogen and oxygen atoms in total. The van der Waals surface area contributed by atoms with E-state index in [2.05, 4.69) is 15.8 Å². The topological polar surface area (TPSA) is 103 Å². The molecule has 1 aromatic heterocycles. The molecule has 29 heavy (non-hydrogen) atoms. The summed E-state index contributed by atoms with van der Waals surface area (Å²) in [6, 6.07) is 12.8. The van der Waals surface area contributed by atoms with Crippen LogP contribution in [0.3, 0.4) is 0 Å². The summed E-state index contributed by atoms with van der Waals surface area (Å²) in [6.45, 7) is 0. The predicted octanol–water partition coefficient (Wildman–Crippen LogP) is 2.72. The number of hydrogen-bond acceptors (Lipinski definition) is 7. The van der Waals surface area contributed by atoms with Gasteiger partial charge in [-0.15, -0.1) is 0 Å². The van der Waals surface area contributed by atoms with E-state index in [4.69, 9.17) is 13.9 Å². The van der Waals surface area contributed by atoms with Crippen molar-refractivity contribution < 1.29 is 23.5 Å². The fourth-order valence-corrected chi connectivity index (χ4v) is 3.21. The lowest BCUT2D eigenvalue weighted by molar-refractivity contribution is -0.127. The van der Waals surface area contributed by atoms with Gasteiger partial charge in [0.15, 0.2) is 17.1 Å². The van der Waals surface area contributed by atoms with Gasteiger partial charge in [0.1, 0.15) is 5.52 Å². The summed E-state index contributed by atoms with van der Waals surface area (Å²) < 4.78 is 16.0. The van der Waals surface area contributed by atoms with E-state index in [9.17, 15) is 9.59 Å². The molecule has 0 unspecified atom stereocenters. The van der Waals surface area contributed by atoms with E-state index >= 15 is 0 Å². The first-order valence-electron chi connectivity index (χ1n) is 8.86. The Kier molecular flexibility index (Phi) is 6.96. The van der Waals surface area contributed by atoms with Gasteiger partial charge in [-0.05, 0) is 36.2 Å². The molecule has 0 aliphatic heterocycles. The number of ether oxygens (including phenoxy) is 2. The second-order valence-electron chi connectivity index (χ2n) is 6.02. The smallest absolute Gasteiger partial charge is 0.257 e. The van der Waals surface area contributed by atoms with Crippen LogP contribution in [0.15, 0.2) is 52.1 Å². The van der Waals surface area contributed by atoms with Crippen LogP contribution in [0.5, 0.6) is 11.5 Å². The molecule has 1 heterocycles. The van der Waals surface area contributed by atoms with Crippen LogP contribution in [-0.4, -0.2) is 36.8 Å². The minimum Gasteiger partial charge on any atom is -0.493 e. The summed E-state index contributed by atoms with van der Waals surface area (Å²) in [6.07, 6.45) is 0.716. The normalized spacial score (nSPS) is 10.6. The maximum Gasteiger partial charge on any atom is 0.257 e. The number of oxazole rings is 1. The summed E-state index contributed by atoms with van der Waals surface area (Å²) in [5, 5.41) is 0.404. The number of para-hydroxylation sites is 2. The molecule has 3 aromatic rings. The first-order valence-corrected chi connectivity index (χ1v) is 9.84. The first kappa shape index (κ1) is 20.5. The number of nitrogens with one attached hydrogen (secondary N) is 2. The third kappa shape index (κ3) is 5.64. The van der Waals surface area contributed by atoms with E-state index in [0.717, 1.165) is 22.8 Å². The molecule has 0 aliphatic carbocycles. The zero-order chi connectivity index (χ0) is 20.6. The number of carbonyl (C=O) groups excluding carboxylic acids is 2. The van der Waals surface area contributed by atoms with Gasteiger partial charge in [0.05, 0.1) is 20.0 Å². The molecule has 0 fully saturated rings. The van der Waals surface area contributed by atoms with Crippen molar-refractivity contribution in [1.29, 1.82) is 0 Å². The monoisotopic (exact) mass is 415 g/mol. The minimum absolute atomic E-state index is 0.0722. The maximum absolute atomic E-state index is 12.0. The van der Waals surface area contributed by atoms with Crippen LogP contribution in [0.4, 0.5) is 0 Å². The SMILES string of the molecule is COc1ccc(CCC(=O)NNC(=O)CSc2nc3ccccc3o2)cc1OC. The van der Waals surface area contributed by atoms with Crippen molar-refractivity contribution in [3.8, 4) is 11.5 Å². The number of fused-ring (bicyclic) bond motifs is 1. The van der Waals surface area contributed by atoms with Gasteiger partial charge in [0.25, 0.3) is 5.22 Å². The number of nitrogens with zero attached hydrogens (tertiary/aromatic N) is 1. The van der Waals surface area contributed by atoms with Crippen LogP contribution in [0.2, 0.25) is 0 Å². The zero-order valence-corrected chi connectivity index (χ0v) is 16.9. The molecule has 2 N–H and O–H groups in total. The molecule has 0 radical (unpaired) electrons. The molecule has 2 aromatic carbocycles. The third-order valence-electron chi connectivity index (χ3n) is 4.03. The number of hydrogen-bond donors (Lipinski definition) is 2. The Balaban J connectivity index is 1.40. The fraction of sp³-hybridized carbons (Fsp3) is 0.250. The van der Waals surface area contributed by atoms with Crippen LogP contribution in [0.1, 0.15) is 12.0 Å². The van der Waals surface area contributed by atoms with E-state index < -0.39 is 0 Å². The number of methoxy groups -OCH3 is 2. The number of hydrazine groups is 1. The molecule has 9 heteroatoms. The zero-order valence-electron chi connectivity index (χ0n) is 16.1. The Bertz CT molecular complexity index is 972.